The molecule has 8 heteroatoms. The third kappa shape index (κ3) is 3.57. The number of methoxy groups -OCH3 is 1. The number of hydrogen-bond acceptors (Lipinski definition) is 4. The first-order valence-corrected chi connectivity index (χ1v) is 7.94. The number of alkyl halides is 2. The average molecular weight is 351 g/mol. The van der Waals surface area contributed by atoms with Crippen molar-refractivity contribution in [3.63, 3.8) is 0 Å². The number of nitrogens with zero attached hydrogens (tertiary/aromatic N) is 2. The van der Waals surface area contributed by atoms with Crippen molar-refractivity contribution in [1.82, 2.24) is 15.1 Å². The van der Waals surface area contributed by atoms with Gasteiger partial charge in [0.15, 0.2) is 11.5 Å². The Morgan fingerprint density at radius 1 is 1.40 bits per heavy atom. The van der Waals surface area contributed by atoms with Gasteiger partial charge in [0, 0.05) is 23.9 Å². The number of amides is 1. The largest absolute Gasteiger partial charge is 0.493 e. The van der Waals surface area contributed by atoms with E-state index in [1.54, 1.807) is 6.20 Å². The molecule has 1 aliphatic rings. The zero-order valence-electron chi connectivity index (χ0n) is 14.0. The first-order chi connectivity index (χ1) is 12.0. The highest BCUT2D eigenvalue weighted by Crippen LogP contribution is 2.31. The van der Waals surface area contributed by atoms with Gasteiger partial charge in [-0.25, -0.2) is 0 Å². The Morgan fingerprint density at radius 3 is 2.92 bits per heavy atom. The Labute approximate surface area is 143 Å². The van der Waals surface area contributed by atoms with Gasteiger partial charge in [-0.3, -0.25) is 9.48 Å². The first-order valence-electron chi connectivity index (χ1n) is 7.94. The van der Waals surface area contributed by atoms with Crippen LogP contribution in [0.3, 0.4) is 0 Å². The predicted octanol–water partition coefficient (Wildman–Crippen LogP) is 2.84. The van der Waals surface area contributed by atoms with Crippen LogP contribution >= 0.6 is 0 Å². The van der Waals surface area contributed by atoms with Crippen molar-refractivity contribution < 1.29 is 23.0 Å². The van der Waals surface area contributed by atoms with E-state index in [1.165, 1.54) is 25.3 Å². The van der Waals surface area contributed by atoms with Gasteiger partial charge >= 0.3 is 6.61 Å². The summed E-state index contributed by atoms with van der Waals surface area (Å²) in [7, 11) is 3.22. The molecule has 134 valence electrons. The fraction of sp³-hybridized carbons (Fsp3) is 0.412. The molecule has 1 aromatic carbocycles. The standard InChI is InChI=1S/C17H19F2N3O3/c1-22-13-5-3-4-12(11(13)9-20-22)21-16(23)10-6-7-14(24-2)15(8-10)25-17(18)19/h6-9,12,17H,3-5H2,1-2H3,(H,21,23). The van der Waals surface area contributed by atoms with Crippen LogP contribution in [0.1, 0.15) is 40.5 Å². The highest BCUT2D eigenvalue weighted by atomic mass is 19.3. The molecule has 1 N–H and O–H groups in total. The van der Waals surface area contributed by atoms with E-state index in [0.717, 1.165) is 30.5 Å². The highest BCUT2D eigenvalue weighted by molar-refractivity contribution is 5.95. The van der Waals surface area contributed by atoms with E-state index in [9.17, 15) is 13.6 Å². The second-order valence-electron chi connectivity index (χ2n) is 5.83. The van der Waals surface area contributed by atoms with Gasteiger partial charge in [0.1, 0.15) is 0 Å². The predicted molar refractivity (Wildman–Crippen MR) is 86.0 cm³/mol. The lowest BCUT2D eigenvalue weighted by Crippen LogP contribution is -2.31. The number of fused-ring (bicyclic) bond motifs is 1. The second-order valence-corrected chi connectivity index (χ2v) is 5.83. The van der Waals surface area contributed by atoms with Crippen molar-refractivity contribution in [2.24, 2.45) is 7.05 Å². The van der Waals surface area contributed by atoms with E-state index in [-0.39, 0.29) is 29.0 Å². The molecule has 0 saturated carbocycles. The number of halogens is 2. The molecule has 1 amide bonds. The average Bonchev–Trinajstić information content (AvgIpc) is 2.96. The molecule has 3 rings (SSSR count). The van der Waals surface area contributed by atoms with Crippen LogP contribution in [0, 0.1) is 0 Å². The van der Waals surface area contributed by atoms with E-state index in [4.69, 9.17) is 4.74 Å². The Morgan fingerprint density at radius 2 is 2.20 bits per heavy atom. The van der Waals surface area contributed by atoms with Gasteiger partial charge in [0.2, 0.25) is 0 Å². The van der Waals surface area contributed by atoms with Gasteiger partial charge in [-0.1, -0.05) is 0 Å². The van der Waals surface area contributed by atoms with E-state index >= 15 is 0 Å². The molecule has 1 aliphatic carbocycles. The number of aromatic nitrogens is 2. The molecule has 1 heterocycles. The minimum atomic E-state index is -3.00. The fourth-order valence-corrected chi connectivity index (χ4v) is 3.10. The SMILES string of the molecule is COc1ccc(C(=O)NC2CCCc3c2cnn3C)cc1OC(F)F. The van der Waals surface area contributed by atoms with Crippen molar-refractivity contribution >= 4 is 5.91 Å². The maximum absolute atomic E-state index is 12.5. The van der Waals surface area contributed by atoms with E-state index in [0.29, 0.717) is 0 Å². The lowest BCUT2D eigenvalue weighted by molar-refractivity contribution is -0.0512. The number of rotatable bonds is 5. The number of aryl methyl sites for hydroxylation is 1. The lowest BCUT2D eigenvalue weighted by atomic mass is 9.92. The summed E-state index contributed by atoms with van der Waals surface area (Å²) >= 11 is 0. The zero-order valence-corrected chi connectivity index (χ0v) is 14.0. The minimum Gasteiger partial charge on any atom is -0.493 e. The summed E-state index contributed by atoms with van der Waals surface area (Å²) in [6.45, 7) is -3.00. The Bertz CT molecular complexity index is 776. The topological polar surface area (TPSA) is 65.4 Å². The summed E-state index contributed by atoms with van der Waals surface area (Å²) in [4.78, 5) is 12.5. The summed E-state index contributed by atoms with van der Waals surface area (Å²) in [5.41, 5.74) is 2.33. The Balaban J connectivity index is 1.80. The first kappa shape index (κ1) is 17.2. The summed E-state index contributed by atoms with van der Waals surface area (Å²) in [6, 6.07) is 4.06. The van der Waals surface area contributed by atoms with E-state index in [1.807, 2.05) is 11.7 Å². The van der Waals surface area contributed by atoms with Gasteiger partial charge in [0.25, 0.3) is 5.91 Å². The molecule has 0 radical (unpaired) electrons. The van der Waals surface area contributed by atoms with Gasteiger partial charge < -0.3 is 14.8 Å². The van der Waals surface area contributed by atoms with Gasteiger partial charge in [-0.05, 0) is 37.5 Å². The molecule has 2 aromatic rings. The van der Waals surface area contributed by atoms with Crippen LogP contribution in [-0.2, 0) is 13.5 Å². The van der Waals surface area contributed by atoms with Crippen LogP contribution in [-0.4, -0.2) is 29.4 Å². The van der Waals surface area contributed by atoms with Gasteiger partial charge in [-0.15, -0.1) is 0 Å². The molecule has 0 aliphatic heterocycles. The molecule has 0 fully saturated rings. The molecular formula is C17H19F2N3O3. The van der Waals surface area contributed by atoms with Crippen LogP contribution in [0.15, 0.2) is 24.4 Å². The van der Waals surface area contributed by atoms with E-state index in [2.05, 4.69) is 15.2 Å². The van der Waals surface area contributed by atoms with Crippen LogP contribution < -0.4 is 14.8 Å². The molecule has 25 heavy (non-hydrogen) atoms. The second kappa shape index (κ2) is 7.08. The number of hydrogen-bond donors (Lipinski definition) is 1. The zero-order chi connectivity index (χ0) is 18.0. The van der Waals surface area contributed by atoms with Crippen molar-refractivity contribution in [2.45, 2.75) is 31.9 Å². The quantitative estimate of drug-likeness (QED) is 0.900. The molecule has 1 atom stereocenters. The summed E-state index contributed by atoms with van der Waals surface area (Å²) < 4.78 is 36.3. The number of carbonyl (C=O) groups excluding carboxylic acids is 1. The summed E-state index contributed by atoms with van der Waals surface area (Å²) in [6.07, 6.45) is 4.44. The van der Waals surface area contributed by atoms with Crippen molar-refractivity contribution in [3.05, 3.63) is 41.2 Å². The number of nitrogens with one attached hydrogen (secondary N) is 1. The number of carbonyl (C=O) groups is 1. The Kier molecular flexibility index (Phi) is 4.87. The molecular weight excluding hydrogens is 332 g/mol. The summed E-state index contributed by atoms with van der Waals surface area (Å²) in [5, 5.41) is 7.19. The van der Waals surface area contributed by atoms with Crippen molar-refractivity contribution in [1.29, 1.82) is 0 Å². The minimum absolute atomic E-state index is 0.143. The fourth-order valence-electron chi connectivity index (χ4n) is 3.10. The molecule has 0 bridgehead atoms. The number of benzene rings is 1. The van der Waals surface area contributed by atoms with Gasteiger partial charge in [-0.2, -0.15) is 13.9 Å². The molecule has 0 saturated heterocycles. The van der Waals surface area contributed by atoms with Crippen LogP contribution in [0.5, 0.6) is 11.5 Å². The van der Waals surface area contributed by atoms with Crippen molar-refractivity contribution in [3.8, 4) is 11.5 Å². The molecule has 1 unspecified atom stereocenters. The third-order valence-electron chi connectivity index (χ3n) is 4.32. The highest BCUT2D eigenvalue weighted by Gasteiger charge is 2.25. The van der Waals surface area contributed by atoms with Gasteiger partial charge in [0.05, 0.1) is 19.3 Å². The maximum Gasteiger partial charge on any atom is 0.387 e. The van der Waals surface area contributed by atoms with Crippen molar-refractivity contribution in [2.75, 3.05) is 7.11 Å². The van der Waals surface area contributed by atoms with E-state index < -0.39 is 6.61 Å². The lowest BCUT2D eigenvalue weighted by Gasteiger charge is -2.24. The molecule has 0 spiro atoms. The number of ether oxygens (including phenoxy) is 2. The third-order valence-corrected chi connectivity index (χ3v) is 4.32. The smallest absolute Gasteiger partial charge is 0.387 e. The molecule has 6 nitrogen and oxygen atoms in total. The van der Waals surface area contributed by atoms with Crippen LogP contribution in [0.2, 0.25) is 0 Å². The Hall–Kier alpha value is -2.64. The molecule has 1 aromatic heterocycles. The monoisotopic (exact) mass is 351 g/mol. The summed E-state index contributed by atoms with van der Waals surface area (Å²) in [5.74, 6) is -0.386. The van der Waals surface area contributed by atoms with Crippen LogP contribution in [0.4, 0.5) is 8.78 Å². The van der Waals surface area contributed by atoms with Crippen LogP contribution in [0.25, 0.3) is 0 Å². The normalized spacial score (nSPS) is 16.4. The maximum atomic E-state index is 12.5.